The van der Waals surface area contributed by atoms with Gasteiger partial charge in [-0.15, -0.1) is 0 Å². The number of methoxy groups -OCH3 is 1. The number of ether oxygens (including phenoxy) is 1. The van der Waals surface area contributed by atoms with Crippen molar-refractivity contribution in [2.24, 2.45) is 5.84 Å². The van der Waals surface area contributed by atoms with Crippen LogP contribution in [0.15, 0.2) is 0 Å². The quantitative estimate of drug-likeness (QED) is 0.581. The average Bonchev–Trinajstić information content (AvgIpc) is 2.30. The van der Waals surface area contributed by atoms with E-state index < -0.39 is 0 Å². The molecule has 0 fully saturated rings. The number of anilines is 1. The Balaban J connectivity index is 3.02. The SMILES string of the molecule is CCc1nc(CC(C)OC)nc(NN)c1C. The molecule has 1 unspecified atom stereocenters. The molecule has 5 nitrogen and oxygen atoms in total. The summed E-state index contributed by atoms with van der Waals surface area (Å²) in [6.07, 6.45) is 1.67. The van der Waals surface area contributed by atoms with Crippen LogP contribution >= 0.6 is 0 Å². The first-order valence-electron chi connectivity index (χ1n) is 5.48. The minimum absolute atomic E-state index is 0.109. The summed E-state index contributed by atoms with van der Waals surface area (Å²) in [4.78, 5) is 8.86. The van der Waals surface area contributed by atoms with Crippen molar-refractivity contribution in [2.45, 2.75) is 39.7 Å². The number of nitrogens with one attached hydrogen (secondary N) is 1. The molecule has 0 spiro atoms. The van der Waals surface area contributed by atoms with Crippen LogP contribution in [-0.4, -0.2) is 23.2 Å². The van der Waals surface area contributed by atoms with Crippen LogP contribution in [-0.2, 0) is 17.6 Å². The molecule has 5 heteroatoms. The molecule has 1 aromatic heterocycles. The molecule has 90 valence electrons. The molecule has 0 aliphatic rings. The number of nitrogens with zero attached hydrogens (tertiary/aromatic N) is 2. The van der Waals surface area contributed by atoms with Crippen LogP contribution in [0, 0.1) is 6.92 Å². The number of nitrogens with two attached hydrogens (primary N) is 1. The normalized spacial score (nSPS) is 12.6. The van der Waals surface area contributed by atoms with Crippen molar-refractivity contribution in [3.8, 4) is 0 Å². The molecular weight excluding hydrogens is 204 g/mol. The van der Waals surface area contributed by atoms with Crippen molar-refractivity contribution < 1.29 is 4.74 Å². The maximum Gasteiger partial charge on any atom is 0.146 e. The lowest BCUT2D eigenvalue weighted by atomic mass is 10.1. The molecule has 0 aromatic carbocycles. The lowest BCUT2D eigenvalue weighted by Gasteiger charge is -2.13. The van der Waals surface area contributed by atoms with Crippen LogP contribution in [0.1, 0.15) is 30.9 Å². The molecule has 1 aromatic rings. The number of hydrogen-bond donors (Lipinski definition) is 2. The smallest absolute Gasteiger partial charge is 0.146 e. The lowest BCUT2D eigenvalue weighted by molar-refractivity contribution is 0.117. The fraction of sp³-hybridized carbons (Fsp3) is 0.636. The van der Waals surface area contributed by atoms with E-state index in [4.69, 9.17) is 10.6 Å². The van der Waals surface area contributed by atoms with E-state index >= 15 is 0 Å². The molecule has 0 bridgehead atoms. The van der Waals surface area contributed by atoms with Gasteiger partial charge in [0.25, 0.3) is 0 Å². The second-order valence-electron chi connectivity index (χ2n) is 3.81. The number of rotatable bonds is 5. The summed E-state index contributed by atoms with van der Waals surface area (Å²) in [5.41, 5.74) is 4.65. The van der Waals surface area contributed by atoms with Crippen LogP contribution in [0.3, 0.4) is 0 Å². The van der Waals surface area contributed by atoms with Gasteiger partial charge >= 0.3 is 0 Å². The largest absolute Gasteiger partial charge is 0.381 e. The van der Waals surface area contributed by atoms with Gasteiger partial charge in [0.15, 0.2) is 0 Å². The highest BCUT2D eigenvalue weighted by Crippen LogP contribution is 2.15. The van der Waals surface area contributed by atoms with Crippen LogP contribution in [0.5, 0.6) is 0 Å². The average molecular weight is 224 g/mol. The molecule has 1 heterocycles. The molecule has 1 rings (SSSR count). The zero-order chi connectivity index (χ0) is 12.1. The van der Waals surface area contributed by atoms with Gasteiger partial charge in [-0.2, -0.15) is 0 Å². The van der Waals surface area contributed by atoms with Crippen molar-refractivity contribution in [3.05, 3.63) is 17.1 Å². The van der Waals surface area contributed by atoms with Crippen molar-refractivity contribution >= 4 is 5.82 Å². The summed E-state index contributed by atoms with van der Waals surface area (Å²) >= 11 is 0. The van der Waals surface area contributed by atoms with E-state index in [1.807, 2.05) is 13.8 Å². The van der Waals surface area contributed by atoms with Crippen LogP contribution in [0.2, 0.25) is 0 Å². The Labute approximate surface area is 96.4 Å². The number of nitrogen functional groups attached to an aromatic ring is 1. The third-order valence-corrected chi connectivity index (χ3v) is 2.64. The van der Waals surface area contributed by atoms with E-state index in [-0.39, 0.29) is 6.10 Å². The van der Waals surface area contributed by atoms with E-state index in [1.165, 1.54) is 0 Å². The molecular formula is C11H20N4O. The summed E-state index contributed by atoms with van der Waals surface area (Å²) in [5.74, 6) is 6.90. The first-order valence-corrected chi connectivity index (χ1v) is 5.48. The molecule has 3 N–H and O–H groups in total. The summed E-state index contributed by atoms with van der Waals surface area (Å²) in [6, 6.07) is 0. The predicted octanol–water partition coefficient (Wildman–Crippen LogP) is 1.21. The monoisotopic (exact) mass is 224 g/mol. The molecule has 0 saturated carbocycles. The molecule has 0 amide bonds. The topological polar surface area (TPSA) is 73.1 Å². The van der Waals surface area contributed by atoms with Crippen molar-refractivity contribution in [2.75, 3.05) is 12.5 Å². The molecule has 16 heavy (non-hydrogen) atoms. The first kappa shape index (κ1) is 12.9. The van der Waals surface area contributed by atoms with Gasteiger partial charge in [0.2, 0.25) is 0 Å². The van der Waals surface area contributed by atoms with Crippen LogP contribution < -0.4 is 11.3 Å². The maximum atomic E-state index is 5.43. The summed E-state index contributed by atoms with van der Waals surface area (Å²) in [5, 5.41) is 0. The van der Waals surface area contributed by atoms with Gasteiger partial charge in [0.1, 0.15) is 11.6 Å². The summed E-state index contributed by atoms with van der Waals surface area (Å²) < 4.78 is 5.20. The third-order valence-electron chi connectivity index (χ3n) is 2.64. The number of aromatic nitrogens is 2. The van der Waals surface area contributed by atoms with Gasteiger partial charge in [-0.3, -0.25) is 0 Å². The predicted molar refractivity (Wildman–Crippen MR) is 64.1 cm³/mol. The number of aryl methyl sites for hydroxylation is 1. The van der Waals surface area contributed by atoms with Gasteiger partial charge in [0, 0.05) is 24.8 Å². The minimum Gasteiger partial charge on any atom is -0.381 e. The van der Waals surface area contributed by atoms with Crippen molar-refractivity contribution in [1.29, 1.82) is 0 Å². The molecule has 0 aliphatic carbocycles. The zero-order valence-corrected chi connectivity index (χ0v) is 10.4. The highest BCUT2D eigenvalue weighted by molar-refractivity contribution is 5.44. The highest BCUT2D eigenvalue weighted by atomic mass is 16.5. The molecule has 0 saturated heterocycles. The highest BCUT2D eigenvalue weighted by Gasteiger charge is 2.11. The summed E-state index contributed by atoms with van der Waals surface area (Å²) in [6.45, 7) is 6.03. The number of hydrogen-bond acceptors (Lipinski definition) is 5. The third kappa shape index (κ3) is 2.90. The van der Waals surface area contributed by atoms with Crippen molar-refractivity contribution in [3.63, 3.8) is 0 Å². The van der Waals surface area contributed by atoms with E-state index in [0.29, 0.717) is 12.2 Å². The Hall–Kier alpha value is -1.20. The van der Waals surface area contributed by atoms with E-state index in [2.05, 4.69) is 22.3 Å². The fourth-order valence-electron chi connectivity index (χ4n) is 1.53. The van der Waals surface area contributed by atoms with Gasteiger partial charge in [-0.1, -0.05) is 6.92 Å². The molecule has 1 atom stereocenters. The fourth-order valence-corrected chi connectivity index (χ4v) is 1.53. The zero-order valence-electron chi connectivity index (χ0n) is 10.4. The molecule has 0 aliphatic heterocycles. The Bertz CT molecular complexity index is 329. The number of hydrazine groups is 1. The Morgan fingerprint density at radius 3 is 2.62 bits per heavy atom. The Morgan fingerprint density at radius 1 is 1.44 bits per heavy atom. The summed E-state index contributed by atoms with van der Waals surface area (Å²) in [7, 11) is 1.68. The molecule has 0 radical (unpaired) electrons. The van der Waals surface area contributed by atoms with E-state index in [9.17, 15) is 0 Å². The van der Waals surface area contributed by atoms with Gasteiger partial charge in [-0.25, -0.2) is 15.8 Å². The van der Waals surface area contributed by atoms with Crippen LogP contribution in [0.4, 0.5) is 5.82 Å². The second-order valence-corrected chi connectivity index (χ2v) is 3.81. The van der Waals surface area contributed by atoms with Gasteiger partial charge in [0.05, 0.1) is 6.10 Å². The van der Waals surface area contributed by atoms with E-state index in [0.717, 1.165) is 23.5 Å². The standard InChI is InChI=1S/C11H20N4O/c1-5-9-8(3)11(15-12)14-10(13-9)6-7(2)16-4/h7H,5-6,12H2,1-4H3,(H,13,14,15). The van der Waals surface area contributed by atoms with Gasteiger partial charge < -0.3 is 10.2 Å². The Morgan fingerprint density at radius 2 is 2.12 bits per heavy atom. The van der Waals surface area contributed by atoms with Crippen molar-refractivity contribution in [1.82, 2.24) is 9.97 Å². The van der Waals surface area contributed by atoms with E-state index in [1.54, 1.807) is 7.11 Å². The second kappa shape index (κ2) is 5.77. The maximum absolute atomic E-state index is 5.43. The van der Waals surface area contributed by atoms with Crippen LogP contribution in [0.25, 0.3) is 0 Å². The Kier molecular flexibility index (Phi) is 4.64. The van der Waals surface area contributed by atoms with Gasteiger partial charge in [-0.05, 0) is 20.3 Å². The first-order chi connectivity index (χ1) is 7.62. The lowest BCUT2D eigenvalue weighted by Crippen LogP contribution is -2.17. The minimum atomic E-state index is 0.109.